The second kappa shape index (κ2) is 9.09. The monoisotopic (exact) mass is 392 g/mol. The molecule has 0 aliphatic carbocycles. The molecule has 1 saturated heterocycles. The van der Waals surface area contributed by atoms with Gasteiger partial charge in [0.25, 0.3) is 0 Å². The predicted molar refractivity (Wildman–Crippen MR) is 117 cm³/mol. The van der Waals surface area contributed by atoms with Crippen molar-refractivity contribution in [3.05, 3.63) is 64.4 Å². The summed E-state index contributed by atoms with van der Waals surface area (Å²) in [7, 11) is 0. The zero-order valence-corrected chi connectivity index (χ0v) is 16.9. The highest BCUT2D eigenvalue weighted by Crippen LogP contribution is 2.21. The van der Waals surface area contributed by atoms with Crippen molar-refractivity contribution in [1.29, 1.82) is 0 Å². The van der Waals surface area contributed by atoms with Gasteiger partial charge in [0.15, 0.2) is 0 Å². The third-order valence-electron chi connectivity index (χ3n) is 5.50. The molecule has 3 heterocycles. The quantitative estimate of drug-likeness (QED) is 0.626. The summed E-state index contributed by atoms with van der Waals surface area (Å²) in [5.74, 6) is 0.561. The molecule has 3 aromatic rings. The number of ether oxygens (including phenoxy) is 1. The van der Waals surface area contributed by atoms with Crippen LogP contribution in [0.3, 0.4) is 0 Å². The highest BCUT2D eigenvalue weighted by Gasteiger charge is 2.17. The van der Waals surface area contributed by atoms with Crippen molar-refractivity contribution in [3.63, 3.8) is 0 Å². The first kappa shape index (κ1) is 19.5. The van der Waals surface area contributed by atoms with E-state index < -0.39 is 0 Å². The minimum Gasteiger partial charge on any atom is -0.478 e. The number of rotatable bonds is 7. The standard InChI is InChI=1S/C23H28N4O2/c1-18-6-2-3-7-20(18)27-15-13-26(14-16-27)12-4-5-17-29-22-11-9-19-8-10-21(28)24-23(19)25-22/h2-3,6-11H,4-5,12-17H2,1H3,(H,24,25,28). The molecule has 4 rings (SSSR count). The number of nitrogens with one attached hydrogen (secondary N) is 1. The Kier molecular flexibility index (Phi) is 6.10. The maximum absolute atomic E-state index is 11.4. The number of aryl methyl sites for hydroxylation is 1. The summed E-state index contributed by atoms with van der Waals surface area (Å²) in [5.41, 5.74) is 3.14. The number of nitrogens with zero attached hydrogens (tertiary/aromatic N) is 3. The van der Waals surface area contributed by atoms with Crippen LogP contribution in [-0.4, -0.2) is 54.2 Å². The Labute approximate surface area is 171 Å². The molecule has 0 bridgehead atoms. The number of aromatic amines is 1. The molecule has 1 fully saturated rings. The number of hydrogen-bond acceptors (Lipinski definition) is 5. The molecule has 0 saturated carbocycles. The third-order valence-corrected chi connectivity index (χ3v) is 5.50. The molecule has 0 unspecified atom stereocenters. The number of para-hydroxylation sites is 1. The van der Waals surface area contributed by atoms with E-state index in [2.05, 4.69) is 51.0 Å². The first-order valence-electron chi connectivity index (χ1n) is 10.3. The molecule has 1 N–H and O–H groups in total. The van der Waals surface area contributed by atoms with Crippen LogP contribution in [0.25, 0.3) is 11.0 Å². The van der Waals surface area contributed by atoms with Crippen molar-refractivity contribution in [2.45, 2.75) is 19.8 Å². The van der Waals surface area contributed by atoms with Crippen molar-refractivity contribution in [2.24, 2.45) is 0 Å². The largest absolute Gasteiger partial charge is 0.478 e. The fourth-order valence-electron chi connectivity index (χ4n) is 3.84. The second-order valence-corrected chi connectivity index (χ2v) is 7.58. The molecule has 1 aliphatic heterocycles. The number of anilines is 1. The van der Waals surface area contributed by atoms with E-state index in [4.69, 9.17) is 4.74 Å². The van der Waals surface area contributed by atoms with Gasteiger partial charge in [0, 0.05) is 49.4 Å². The summed E-state index contributed by atoms with van der Waals surface area (Å²) in [6.45, 7) is 8.30. The lowest BCUT2D eigenvalue weighted by Crippen LogP contribution is -2.46. The number of benzene rings is 1. The lowest BCUT2D eigenvalue weighted by atomic mass is 10.1. The summed E-state index contributed by atoms with van der Waals surface area (Å²) in [4.78, 5) is 23.6. The van der Waals surface area contributed by atoms with E-state index in [0.29, 0.717) is 18.1 Å². The van der Waals surface area contributed by atoms with Crippen molar-refractivity contribution in [3.8, 4) is 5.88 Å². The molecule has 0 radical (unpaired) electrons. The number of pyridine rings is 2. The van der Waals surface area contributed by atoms with Gasteiger partial charge in [-0.3, -0.25) is 9.69 Å². The van der Waals surface area contributed by atoms with E-state index >= 15 is 0 Å². The van der Waals surface area contributed by atoms with Crippen LogP contribution >= 0.6 is 0 Å². The summed E-state index contributed by atoms with van der Waals surface area (Å²) < 4.78 is 5.77. The third kappa shape index (κ3) is 4.95. The summed E-state index contributed by atoms with van der Waals surface area (Å²) >= 11 is 0. The maximum atomic E-state index is 11.4. The molecule has 29 heavy (non-hydrogen) atoms. The predicted octanol–water partition coefficient (Wildman–Crippen LogP) is 3.21. The number of fused-ring (bicyclic) bond motifs is 1. The molecule has 152 valence electrons. The van der Waals surface area contributed by atoms with Crippen LogP contribution in [0.15, 0.2) is 53.3 Å². The van der Waals surface area contributed by atoms with Gasteiger partial charge < -0.3 is 14.6 Å². The Morgan fingerprint density at radius 1 is 1.00 bits per heavy atom. The average molecular weight is 393 g/mol. The summed E-state index contributed by atoms with van der Waals surface area (Å²) in [5, 5.41) is 0.904. The van der Waals surface area contributed by atoms with Gasteiger partial charge in [-0.2, -0.15) is 4.98 Å². The van der Waals surface area contributed by atoms with Crippen molar-refractivity contribution in [1.82, 2.24) is 14.9 Å². The Bertz CT molecular complexity index is 1010. The summed E-state index contributed by atoms with van der Waals surface area (Å²) in [6, 6.07) is 15.7. The molecule has 2 aromatic heterocycles. The lowest BCUT2D eigenvalue weighted by Gasteiger charge is -2.36. The van der Waals surface area contributed by atoms with Gasteiger partial charge >= 0.3 is 0 Å². The number of unbranched alkanes of at least 4 members (excludes halogenated alkanes) is 1. The Balaban J connectivity index is 1.17. The van der Waals surface area contributed by atoms with Crippen molar-refractivity contribution in [2.75, 3.05) is 44.2 Å². The molecule has 0 atom stereocenters. The van der Waals surface area contributed by atoms with Gasteiger partial charge in [-0.15, -0.1) is 0 Å². The molecule has 6 nitrogen and oxygen atoms in total. The average Bonchev–Trinajstić information content (AvgIpc) is 2.74. The minimum atomic E-state index is -0.148. The molecular formula is C23H28N4O2. The SMILES string of the molecule is Cc1ccccc1N1CCN(CCCCOc2ccc3ccc(=O)[nH]c3n2)CC1. The van der Waals surface area contributed by atoms with E-state index in [1.165, 1.54) is 17.3 Å². The second-order valence-electron chi connectivity index (χ2n) is 7.58. The topological polar surface area (TPSA) is 61.5 Å². The number of piperazine rings is 1. The van der Waals surface area contributed by atoms with Crippen molar-refractivity contribution >= 4 is 16.7 Å². The maximum Gasteiger partial charge on any atom is 0.249 e. The smallest absolute Gasteiger partial charge is 0.249 e. The number of hydrogen-bond donors (Lipinski definition) is 1. The van der Waals surface area contributed by atoms with Gasteiger partial charge in [0.1, 0.15) is 5.65 Å². The van der Waals surface area contributed by atoms with Crippen LogP contribution in [0.1, 0.15) is 18.4 Å². The van der Waals surface area contributed by atoms with Gasteiger partial charge in [0.05, 0.1) is 6.61 Å². The number of aromatic nitrogens is 2. The first-order chi connectivity index (χ1) is 14.2. The zero-order valence-electron chi connectivity index (χ0n) is 16.9. The van der Waals surface area contributed by atoms with Crippen LogP contribution in [0.2, 0.25) is 0 Å². The van der Waals surface area contributed by atoms with Crippen LogP contribution in [0.5, 0.6) is 5.88 Å². The van der Waals surface area contributed by atoms with Crippen LogP contribution in [0.4, 0.5) is 5.69 Å². The lowest BCUT2D eigenvalue weighted by molar-refractivity contribution is 0.236. The summed E-state index contributed by atoms with van der Waals surface area (Å²) in [6.07, 6.45) is 2.10. The van der Waals surface area contributed by atoms with Gasteiger partial charge in [-0.05, 0) is 50.1 Å². The molecule has 1 aliphatic rings. The van der Waals surface area contributed by atoms with Gasteiger partial charge in [0.2, 0.25) is 11.4 Å². The molecule has 0 amide bonds. The van der Waals surface area contributed by atoms with Gasteiger partial charge in [-0.25, -0.2) is 0 Å². The number of H-pyrrole nitrogens is 1. The van der Waals surface area contributed by atoms with Gasteiger partial charge in [-0.1, -0.05) is 18.2 Å². The molecule has 6 heteroatoms. The van der Waals surface area contributed by atoms with Crippen LogP contribution in [-0.2, 0) is 0 Å². The van der Waals surface area contributed by atoms with E-state index in [1.54, 1.807) is 6.07 Å². The Hall–Kier alpha value is -2.86. The fourth-order valence-corrected chi connectivity index (χ4v) is 3.84. The van der Waals surface area contributed by atoms with E-state index in [1.807, 2.05) is 12.1 Å². The molecule has 0 spiro atoms. The fraction of sp³-hybridized carbons (Fsp3) is 0.391. The molecule has 1 aromatic carbocycles. The van der Waals surface area contributed by atoms with E-state index in [-0.39, 0.29) is 5.56 Å². The first-order valence-corrected chi connectivity index (χ1v) is 10.3. The Morgan fingerprint density at radius 3 is 2.62 bits per heavy atom. The molecular weight excluding hydrogens is 364 g/mol. The van der Waals surface area contributed by atoms with Crippen LogP contribution < -0.4 is 15.2 Å². The van der Waals surface area contributed by atoms with Crippen molar-refractivity contribution < 1.29 is 4.74 Å². The highest BCUT2D eigenvalue weighted by molar-refractivity contribution is 5.74. The van der Waals surface area contributed by atoms with Crippen LogP contribution in [0, 0.1) is 6.92 Å². The van der Waals surface area contributed by atoms with E-state index in [9.17, 15) is 4.79 Å². The zero-order chi connectivity index (χ0) is 20.1. The normalized spacial score (nSPS) is 15.0. The Morgan fingerprint density at radius 2 is 1.79 bits per heavy atom. The highest BCUT2D eigenvalue weighted by atomic mass is 16.5. The van der Waals surface area contributed by atoms with E-state index in [0.717, 1.165) is 51.0 Å². The minimum absolute atomic E-state index is 0.148.